The first-order valence-corrected chi connectivity index (χ1v) is 7.31. The molecule has 3 nitrogen and oxygen atoms in total. The summed E-state index contributed by atoms with van der Waals surface area (Å²) >= 11 is 0. The van der Waals surface area contributed by atoms with Gasteiger partial charge in [0.25, 0.3) is 0 Å². The zero-order chi connectivity index (χ0) is 14.1. The van der Waals surface area contributed by atoms with E-state index in [4.69, 9.17) is 4.74 Å². The minimum absolute atomic E-state index is 0.00693. The fourth-order valence-electron chi connectivity index (χ4n) is 2.36. The molecule has 0 aromatic rings. The summed E-state index contributed by atoms with van der Waals surface area (Å²) in [7, 11) is 0. The molecule has 0 amide bonds. The second-order valence-electron chi connectivity index (χ2n) is 4.93. The molecule has 106 valence electrons. The molecule has 0 radical (unpaired) electrons. The minimum atomic E-state index is -0.600. The van der Waals surface area contributed by atoms with Gasteiger partial charge in [-0.2, -0.15) is 0 Å². The Morgan fingerprint density at radius 3 is 2.89 bits per heavy atom. The van der Waals surface area contributed by atoms with Crippen LogP contribution in [0, 0.1) is 11.8 Å². The first-order valence-electron chi connectivity index (χ1n) is 7.31. The summed E-state index contributed by atoms with van der Waals surface area (Å²) in [5.74, 6) is -1.00. The van der Waals surface area contributed by atoms with Crippen molar-refractivity contribution in [2.24, 2.45) is 11.8 Å². The summed E-state index contributed by atoms with van der Waals surface area (Å²) in [6.07, 6.45) is 9.70. The molecule has 19 heavy (non-hydrogen) atoms. The molecule has 0 aliphatic heterocycles. The molecule has 0 spiro atoms. The lowest BCUT2D eigenvalue weighted by Crippen LogP contribution is -2.26. The number of hydrogen-bond donors (Lipinski definition) is 0. The SMILES string of the molecule is CCCCCC=C=C[C@H]1CCC(=O)[C@@H]1C(=O)OCC. The van der Waals surface area contributed by atoms with Crippen LogP contribution >= 0.6 is 0 Å². The zero-order valence-corrected chi connectivity index (χ0v) is 12.0. The lowest BCUT2D eigenvalue weighted by molar-refractivity contribution is -0.151. The van der Waals surface area contributed by atoms with E-state index in [2.05, 4.69) is 12.7 Å². The molecule has 1 fully saturated rings. The molecule has 3 heteroatoms. The molecule has 0 N–H and O–H groups in total. The molecule has 1 aliphatic carbocycles. The van der Waals surface area contributed by atoms with Gasteiger partial charge in [-0.3, -0.25) is 9.59 Å². The number of carbonyl (C=O) groups excluding carboxylic acids is 2. The van der Waals surface area contributed by atoms with Gasteiger partial charge in [0, 0.05) is 12.3 Å². The summed E-state index contributed by atoms with van der Waals surface area (Å²) < 4.78 is 4.97. The molecular formula is C16H24O3. The average Bonchev–Trinajstić information content (AvgIpc) is 2.75. The third-order valence-electron chi connectivity index (χ3n) is 3.42. The highest BCUT2D eigenvalue weighted by molar-refractivity contribution is 6.01. The second kappa shape index (κ2) is 8.71. The van der Waals surface area contributed by atoms with Crippen LogP contribution in [0.25, 0.3) is 0 Å². The number of Topliss-reactive ketones (excluding diaryl/α,β-unsaturated/α-hetero) is 1. The molecule has 0 unspecified atom stereocenters. The Balaban J connectivity index is 2.53. The topological polar surface area (TPSA) is 43.4 Å². The van der Waals surface area contributed by atoms with Crippen LogP contribution in [0.4, 0.5) is 0 Å². The fraction of sp³-hybridized carbons (Fsp3) is 0.688. The van der Waals surface area contributed by atoms with Crippen LogP contribution in [0.3, 0.4) is 0 Å². The summed E-state index contributed by atoms with van der Waals surface area (Å²) in [4.78, 5) is 23.5. The maximum absolute atomic E-state index is 11.7. The second-order valence-corrected chi connectivity index (χ2v) is 4.93. The molecule has 0 aromatic heterocycles. The minimum Gasteiger partial charge on any atom is -0.465 e. The van der Waals surface area contributed by atoms with Crippen molar-refractivity contribution in [1.29, 1.82) is 0 Å². The van der Waals surface area contributed by atoms with Gasteiger partial charge in [-0.05, 0) is 38.3 Å². The van der Waals surface area contributed by atoms with Gasteiger partial charge in [-0.15, -0.1) is 5.73 Å². The largest absolute Gasteiger partial charge is 0.465 e. The normalized spacial score (nSPS) is 21.9. The Bertz CT molecular complexity index is 364. The quantitative estimate of drug-likeness (QED) is 0.306. The van der Waals surface area contributed by atoms with E-state index in [0.717, 1.165) is 12.8 Å². The fourth-order valence-corrected chi connectivity index (χ4v) is 2.36. The Morgan fingerprint density at radius 1 is 1.42 bits per heavy atom. The summed E-state index contributed by atoms with van der Waals surface area (Å²) in [6.45, 7) is 4.26. The Kier molecular flexibility index (Phi) is 7.20. The van der Waals surface area contributed by atoms with Gasteiger partial charge in [0.2, 0.25) is 0 Å². The van der Waals surface area contributed by atoms with Crippen molar-refractivity contribution in [3.8, 4) is 0 Å². The van der Waals surface area contributed by atoms with Crippen LogP contribution in [0.1, 0.15) is 52.4 Å². The smallest absolute Gasteiger partial charge is 0.317 e. The van der Waals surface area contributed by atoms with E-state index in [1.165, 1.54) is 19.3 Å². The maximum atomic E-state index is 11.7. The van der Waals surface area contributed by atoms with E-state index in [-0.39, 0.29) is 17.7 Å². The van der Waals surface area contributed by atoms with E-state index in [0.29, 0.717) is 13.0 Å². The Morgan fingerprint density at radius 2 is 2.21 bits per heavy atom. The van der Waals surface area contributed by atoms with Gasteiger partial charge in [-0.25, -0.2) is 0 Å². The number of allylic oxidation sites excluding steroid dienone is 1. The highest BCUT2D eigenvalue weighted by Gasteiger charge is 2.39. The van der Waals surface area contributed by atoms with Crippen LogP contribution in [-0.4, -0.2) is 18.4 Å². The van der Waals surface area contributed by atoms with Gasteiger partial charge < -0.3 is 4.74 Å². The van der Waals surface area contributed by atoms with Gasteiger partial charge in [0.1, 0.15) is 11.7 Å². The molecule has 0 saturated heterocycles. The monoisotopic (exact) mass is 264 g/mol. The molecule has 1 rings (SSSR count). The van der Waals surface area contributed by atoms with Crippen LogP contribution in [0.2, 0.25) is 0 Å². The summed E-state index contributed by atoms with van der Waals surface area (Å²) in [6, 6.07) is 0. The summed E-state index contributed by atoms with van der Waals surface area (Å²) in [5, 5.41) is 0. The molecule has 0 heterocycles. The maximum Gasteiger partial charge on any atom is 0.317 e. The Hall–Kier alpha value is -1.34. The molecular weight excluding hydrogens is 240 g/mol. The predicted octanol–water partition coefficient (Wildman–Crippen LogP) is 3.44. The van der Waals surface area contributed by atoms with Crippen molar-refractivity contribution in [2.75, 3.05) is 6.61 Å². The molecule has 0 bridgehead atoms. The highest BCUT2D eigenvalue weighted by Crippen LogP contribution is 2.30. The summed E-state index contributed by atoms with van der Waals surface area (Å²) in [5.41, 5.74) is 3.12. The molecule has 1 aliphatic rings. The van der Waals surface area contributed by atoms with E-state index < -0.39 is 5.92 Å². The number of rotatable bonds is 7. The van der Waals surface area contributed by atoms with Gasteiger partial charge in [0.15, 0.2) is 0 Å². The van der Waals surface area contributed by atoms with Crippen molar-refractivity contribution in [3.63, 3.8) is 0 Å². The van der Waals surface area contributed by atoms with Crippen LogP contribution in [0.5, 0.6) is 0 Å². The van der Waals surface area contributed by atoms with E-state index in [9.17, 15) is 9.59 Å². The predicted molar refractivity (Wildman–Crippen MR) is 74.6 cm³/mol. The third-order valence-corrected chi connectivity index (χ3v) is 3.42. The standard InChI is InChI=1S/C16H24O3/c1-3-5-6-7-8-9-10-13-11-12-14(17)15(13)16(18)19-4-2/h8,10,13,15H,3-7,11-12H2,1-2H3/t9?,13-,15+/m0/s1. The van der Waals surface area contributed by atoms with Gasteiger partial charge in [-0.1, -0.05) is 19.8 Å². The molecule has 0 aromatic carbocycles. The third kappa shape index (κ3) is 5.04. The van der Waals surface area contributed by atoms with Gasteiger partial charge in [0.05, 0.1) is 6.61 Å². The number of unbranched alkanes of at least 4 members (excludes halogenated alkanes) is 3. The molecule has 2 atom stereocenters. The average molecular weight is 264 g/mol. The lowest BCUT2D eigenvalue weighted by atomic mass is 9.95. The Labute approximate surface area is 115 Å². The molecule has 1 saturated carbocycles. The van der Waals surface area contributed by atoms with Crippen LogP contribution in [-0.2, 0) is 14.3 Å². The number of hydrogen-bond acceptors (Lipinski definition) is 3. The van der Waals surface area contributed by atoms with Crippen molar-refractivity contribution < 1.29 is 14.3 Å². The van der Waals surface area contributed by atoms with E-state index >= 15 is 0 Å². The van der Waals surface area contributed by atoms with E-state index in [1.54, 1.807) is 6.92 Å². The van der Waals surface area contributed by atoms with Crippen molar-refractivity contribution in [3.05, 3.63) is 17.9 Å². The number of carbonyl (C=O) groups is 2. The number of ether oxygens (including phenoxy) is 1. The highest BCUT2D eigenvalue weighted by atomic mass is 16.5. The van der Waals surface area contributed by atoms with Crippen LogP contribution in [0.15, 0.2) is 17.9 Å². The first-order chi connectivity index (χ1) is 9.20. The lowest BCUT2D eigenvalue weighted by Gasteiger charge is -2.12. The number of esters is 1. The zero-order valence-electron chi connectivity index (χ0n) is 12.0. The van der Waals surface area contributed by atoms with Gasteiger partial charge >= 0.3 is 5.97 Å². The van der Waals surface area contributed by atoms with Crippen molar-refractivity contribution in [1.82, 2.24) is 0 Å². The van der Waals surface area contributed by atoms with Crippen LogP contribution < -0.4 is 0 Å². The van der Waals surface area contributed by atoms with Crippen molar-refractivity contribution in [2.45, 2.75) is 52.4 Å². The first kappa shape index (κ1) is 15.7. The van der Waals surface area contributed by atoms with E-state index in [1.807, 2.05) is 12.2 Å². The van der Waals surface area contributed by atoms with Crippen molar-refractivity contribution >= 4 is 11.8 Å². The number of ketones is 1.